The highest BCUT2D eigenvalue weighted by Gasteiger charge is 2.36. The molecule has 184 valence electrons. The van der Waals surface area contributed by atoms with E-state index in [1.807, 2.05) is 19.1 Å². The Morgan fingerprint density at radius 1 is 1.09 bits per heavy atom. The lowest BCUT2D eigenvalue weighted by Crippen LogP contribution is -2.21. The first-order chi connectivity index (χ1) is 16.6. The Morgan fingerprint density at radius 3 is 2.51 bits per heavy atom. The van der Waals surface area contributed by atoms with Gasteiger partial charge < -0.3 is 20.7 Å². The Labute approximate surface area is 202 Å². The molecule has 0 radical (unpaired) electrons. The van der Waals surface area contributed by atoms with Crippen LogP contribution < -0.4 is 20.7 Å². The Hall–Kier alpha value is -4.01. The van der Waals surface area contributed by atoms with Crippen molar-refractivity contribution in [3.63, 3.8) is 0 Å². The predicted molar refractivity (Wildman–Crippen MR) is 134 cm³/mol. The summed E-state index contributed by atoms with van der Waals surface area (Å²) in [6, 6.07) is 11.8. The number of alkyl halides is 3. The molecule has 0 unspecified atom stereocenters. The molecule has 1 amide bonds. The lowest BCUT2D eigenvalue weighted by Gasteiger charge is -2.20. The summed E-state index contributed by atoms with van der Waals surface area (Å²) < 4.78 is 47.6. The molecule has 1 heterocycles. The highest BCUT2D eigenvalue weighted by Crippen LogP contribution is 2.34. The molecule has 0 aliphatic carbocycles. The molecule has 0 saturated heterocycles. The van der Waals surface area contributed by atoms with Crippen LogP contribution in [0.1, 0.15) is 25.3 Å². The van der Waals surface area contributed by atoms with Gasteiger partial charge in [-0.1, -0.05) is 24.3 Å². The van der Waals surface area contributed by atoms with Crippen LogP contribution in [0.5, 0.6) is 5.75 Å². The summed E-state index contributed by atoms with van der Waals surface area (Å²) >= 11 is 0. The Morgan fingerprint density at radius 2 is 1.83 bits per heavy atom. The zero-order chi connectivity index (χ0) is 25.6. The normalized spacial score (nSPS) is 17.8. The average molecular weight is 485 g/mol. The molecule has 3 N–H and O–H groups in total. The zero-order valence-corrected chi connectivity index (χ0v) is 19.7. The van der Waals surface area contributed by atoms with Crippen LogP contribution in [0.4, 0.5) is 30.2 Å². The van der Waals surface area contributed by atoms with Crippen LogP contribution >= 0.6 is 0 Å². The van der Waals surface area contributed by atoms with E-state index in [0.717, 1.165) is 17.7 Å². The number of carbonyl (C=O) groups is 1. The number of hydrogen-bond donors (Lipinski definition) is 3. The standard InChI is InChI=1S/C26H27F3N4O2/c1-5-24(34)30-18-7-6-8-19(15-18)31-25-20(26(27,28)29)13-16(2)10-12-23(33-25)32-21-11-9-17(3)14-22(21)35-4/h5-9,11,13-15,31H,1,10,12H2,2-4H3,(H,30,34)(H,32,33)/b16-13?,25-20+. The van der Waals surface area contributed by atoms with Crippen molar-refractivity contribution in [1.82, 2.24) is 0 Å². The van der Waals surface area contributed by atoms with Gasteiger partial charge in [-0.3, -0.25) is 4.79 Å². The highest BCUT2D eigenvalue weighted by atomic mass is 19.4. The Kier molecular flexibility index (Phi) is 8.01. The number of halogens is 3. The van der Waals surface area contributed by atoms with Crippen molar-refractivity contribution in [2.24, 2.45) is 4.99 Å². The summed E-state index contributed by atoms with van der Waals surface area (Å²) in [6.07, 6.45) is -1.64. The molecule has 0 aromatic heterocycles. The van der Waals surface area contributed by atoms with E-state index in [-0.39, 0.29) is 5.82 Å². The number of ether oxygens (including phenoxy) is 1. The number of amidine groups is 1. The van der Waals surface area contributed by atoms with Crippen molar-refractivity contribution in [3.8, 4) is 5.75 Å². The molecule has 0 fully saturated rings. The van der Waals surface area contributed by atoms with Crippen molar-refractivity contribution < 1.29 is 22.7 Å². The minimum Gasteiger partial charge on any atom is -0.495 e. The molecule has 3 rings (SSSR count). The van der Waals surface area contributed by atoms with Gasteiger partial charge in [0.15, 0.2) is 0 Å². The smallest absolute Gasteiger partial charge is 0.419 e. The van der Waals surface area contributed by atoms with Gasteiger partial charge >= 0.3 is 6.18 Å². The third kappa shape index (κ3) is 6.99. The van der Waals surface area contributed by atoms with E-state index in [1.54, 1.807) is 31.2 Å². The van der Waals surface area contributed by atoms with Gasteiger partial charge in [0.05, 0.1) is 18.4 Å². The second kappa shape index (κ2) is 10.9. The SMILES string of the molecule is C=CC(=O)Nc1cccc(NC2=C(\C(F)(F)F)C=C(C)CC/C(Nc3ccc(C)cc3OC)=N\2)c1. The summed E-state index contributed by atoms with van der Waals surface area (Å²) in [5, 5.41) is 8.52. The number of carbonyl (C=O) groups excluding carboxylic acids is 1. The minimum atomic E-state index is -4.65. The van der Waals surface area contributed by atoms with Gasteiger partial charge in [-0.15, -0.1) is 0 Å². The summed E-state index contributed by atoms with van der Waals surface area (Å²) in [4.78, 5) is 16.0. The molecule has 0 saturated carbocycles. The first-order valence-corrected chi connectivity index (χ1v) is 10.9. The quantitative estimate of drug-likeness (QED) is 0.406. The fourth-order valence-electron chi connectivity index (χ4n) is 3.42. The highest BCUT2D eigenvalue weighted by molar-refractivity contribution is 5.99. The molecule has 0 atom stereocenters. The van der Waals surface area contributed by atoms with E-state index in [2.05, 4.69) is 27.5 Å². The number of allylic oxidation sites excluding steroid dienone is 3. The molecule has 35 heavy (non-hydrogen) atoms. The topological polar surface area (TPSA) is 74.8 Å². The van der Waals surface area contributed by atoms with Crippen molar-refractivity contribution >= 4 is 28.8 Å². The van der Waals surface area contributed by atoms with Crippen LogP contribution in [0.15, 0.2) is 83.2 Å². The molecule has 0 spiro atoms. The molecule has 2 aromatic carbocycles. The van der Waals surface area contributed by atoms with Crippen LogP contribution in [0.2, 0.25) is 0 Å². The number of aliphatic imine (C=N–C) groups is 1. The maximum atomic E-state index is 14.1. The maximum absolute atomic E-state index is 14.1. The number of anilines is 3. The van der Waals surface area contributed by atoms with Gasteiger partial charge in [0.2, 0.25) is 5.91 Å². The number of benzene rings is 2. The van der Waals surface area contributed by atoms with Gasteiger partial charge in [-0.05, 0) is 68.3 Å². The molecule has 1 aliphatic rings. The minimum absolute atomic E-state index is 0.325. The monoisotopic (exact) mass is 484 g/mol. The summed E-state index contributed by atoms with van der Waals surface area (Å²) in [6.45, 7) is 6.97. The van der Waals surface area contributed by atoms with E-state index in [1.165, 1.54) is 13.2 Å². The lowest BCUT2D eigenvalue weighted by atomic mass is 10.0. The van der Waals surface area contributed by atoms with E-state index in [4.69, 9.17) is 4.74 Å². The fraction of sp³-hybridized carbons (Fsp3) is 0.231. The third-order valence-corrected chi connectivity index (χ3v) is 5.17. The first kappa shape index (κ1) is 25.6. The largest absolute Gasteiger partial charge is 0.495 e. The van der Waals surface area contributed by atoms with Crippen molar-refractivity contribution in [2.75, 3.05) is 23.1 Å². The second-order valence-corrected chi connectivity index (χ2v) is 8.04. The number of nitrogens with zero attached hydrogens (tertiary/aromatic N) is 1. The third-order valence-electron chi connectivity index (χ3n) is 5.17. The van der Waals surface area contributed by atoms with Crippen LogP contribution in [-0.4, -0.2) is 25.0 Å². The fourth-order valence-corrected chi connectivity index (χ4v) is 3.42. The second-order valence-electron chi connectivity index (χ2n) is 8.04. The molecule has 2 aromatic rings. The Balaban J connectivity index is 2.05. The van der Waals surface area contributed by atoms with Crippen molar-refractivity contribution in [3.05, 3.63) is 83.7 Å². The summed E-state index contributed by atoms with van der Waals surface area (Å²) in [5.74, 6) is 0.109. The molecule has 6 nitrogen and oxygen atoms in total. The van der Waals surface area contributed by atoms with Crippen LogP contribution in [0.3, 0.4) is 0 Å². The van der Waals surface area contributed by atoms with Gasteiger partial charge in [0.1, 0.15) is 17.4 Å². The number of methoxy groups -OCH3 is 1. The predicted octanol–water partition coefficient (Wildman–Crippen LogP) is 6.56. The molecule has 9 heteroatoms. The average Bonchev–Trinajstić information content (AvgIpc) is 2.80. The van der Waals surface area contributed by atoms with Gasteiger partial charge in [0, 0.05) is 17.8 Å². The molecular formula is C26H27F3N4O2. The van der Waals surface area contributed by atoms with Gasteiger partial charge in [-0.25, -0.2) is 4.99 Å². The number of amides is 1. The molecule has 0 bridgehead atoms. The summed E-state index contributed by atoms with van der Waals surface area (Å²) in [7, 11) is 1.53. The van der Waals surface area contributed by atoms with Crippen molar-refractivity contribution in [2.45, 2.75) is 32.9 Å². The molecule has 1 aliphatic heterocycles. The van der Waals surface area contributed by atoms with E-state index < -0.39 is 17.7 Å². The number of aryl methyl sites for hydroxylation is 1. The zero-order valence-electron chi connectivity index (χ0n) is 19.7. The summed E-state index contributed by atoms with van der Waals surface area (Å²) in [5.41, 5.74) is 1.97. The van der Waals surface area contributed by atoms with Gasteiger partial charge in [-0.2, -0.15) is 13.2 Å². The lowest BCUT2D eigenvalue weighted by molar-refractivity contribution is -0.111. The van der Waals surface area contributed by atoms with Crippen LogP contribution in [0.25, 0.3) is 0 Å². The van der Waals surface area contributed by atoms with Crippen LogP contribution in [0, 0.1) is 6.92 Å². The van der Waals surface area contributed by atoms with E-state index in [9.17, 15) is 18.0 Å². The Bertz CT molecular complexity index is 1210. The van der Waals surface area contributed by atoms with E-state index in [0.29, 0.717) is 47.1 Å². The maximum Gasteiger partial charge on any atom is 0.419 e. The van der Waals surface area contributed by atoms with Gasteiger partial charge in [0.25, 0.3) is 0 Å². The number of rotatable bonds is 6. The van der Waals surface area contributed by atoms with Crippen LogP contribution in [-0.2, 0) is 4.79 Å². The number of nitrogens with one attached hydrogen (secondary N) is 3. The van der Waals surface area contributed by atoms with Crippen molar-refractivity contribution in [1.29, 1.82) is 0 Å². The molecular weight excluding hydrogens is 457 g/mol. The first-order valence-electron chi connectivity index (χ1n) is 10.9. The number of hydrogen-bond acceptors (Lipinski definition) is 5. The van der Waals surface area contributed by atoms with E-state index >= 15 is 0 Å².